The van der Waals surface area contributed by atoms with Gasteiger partial charge in [-0.2, -0.15) is 0 Å². The van der Waals surface area contributed by atoms with Crippen LogP contribution in [0.15, 0.2) is 12.2 Å². The van der Waals surface area contributed by atoms with Gasteiger partial charge in [-0.3, -0.25) is 9.59 Å². The first-order chi connectivity index (χ1) is 9.54. The molecule has 1 N–H and O–H groups in total. The highest BCUT2D eigenvalue weighted by molar-refractivity contribution is 5.85. The first-order valence-corrected chi connectivity index (χ1v) is 7.34. The molecule has 4 atom stereocenters. The van der Waals surface area contributed by atoms with Crippen LogP contribution in [0.2, 0.25) is 0 Å². The average Bonchev–Trinajstić information content (AvgIpc) is 2.46. The van der Waals surface area contributed by atoms with Crippen molar-refractivity contribution in [1.82, 2.24) is 4.90 Å². The first kappa shape index (κ1) is 15.0. The summed E-state index contributed by atoms with van der Waals surface area (Å²) in [5, 5.41) is 9.30. The zero-order chi connectivity index (χ0) is 14.7. The van der Waals surface area contributed by atoms with Crippen molar-refractivity contribution in [3.63, 3.8) is 0 Å². The number of carbonyl (C=O) groups is 2. The number of carboxylic acids is 1. The Balaban J connectivity index is 2.15. The lowest BCUT2D eigenvalue weighted by atomic mass is 9.81. The lowest BCUT2D eigenvalue weighted by Crippen LogP contribution is -2.54. The van der Waals surface area contributed by atoms with Crippen LogP contribution in [0.5, 0.6) is 0 Å². The Bertz CT molecular complexity index is 407. The molecule has 2 rings (SSSR count). The molecular formula is C15H23NO4. The third-order valence-electron chi connectivity index (χ3n) is 4.29. The molecule has 0 saturated carbocycles. The topological polar surface area (TPSA) is 66.8 Å². The van der Waals surface area contributed by atoms with Crippen molar-refractivity contribution < 1.29 is 19.4 Å². The zero-order valence-electron chi connectivity index (χ0n) is 12.1. The number of ether oxygens (including phenoxy) is 1. The molecule has 5 heteroatoms. The van der Waals surface area contributed by atoms with E-state index in [0.717, 1.165) is 6.42 Å². The van der Waals surface area contributed by atoms with Gasteiger partial charge in [-0.25, -0.2) is 0 Å². The van der Waals surface area contributed by atoms with E-state index in [1.807, 2.05) is 30.9 Å². The Hall–Kier alpha value is -1.36. The largest absolute Gasteiger partial charge is 0.481 e. The van der Waals surface area contributed by atoms with Gasteiger partial charge in [0.25, 0.3) is 0 Å². The van der Waals surface area contributed by atoms with E-state index < -0.39 is 17.8 Å². The summed E-state index contributed by atoms with van der Waals surface area (Å²) >= 11 is 0. The van der Waals surface area contributed by atoms with E-state index in [0.29, 0.717) is 26.0 Å². The standard InChI is InChI=1S/C15H23NO4/c1-3-11-9-20-10(2)8-16(11)14(17)12-6-4-5-7-13(12)15(18)19/h4-5,10-13H,3,6-9H2,1-2H3,(H,18,19). The summed E-state index contributed by atoms with van der Waals surface area (Å²) < 4.78 is 5.60. The normalized spacial score (nSPS) is 34.0. The van der Waals surface area contributed by atoms with E-state index in [-0.39, 0.29) is 18.1 Å². The van der Waals surface area contributed by atoms with Crippen molar-refractivity contribution in [3.8, 4) is 0 Å². The monoisotopic (exact) mass is 281 g/mol. The van der Waals surface area contributed by atoms with Crippen LogP contribution in [0.25, 0.3) is 0 Å². The lowest BCUT2D eigenvalue weighted by molar-refractivity contribution is -0.157. The number of morpholine rings is 1. The highest BCUT2D eigenvalue weighted by atomic mass is 16.5. The van der Waals surface area contributed by atoms with Crippen LogP contribution in [0, 0.1) is 11.8 Å². The molecule has 20 heavy (non-hydrogen) atoms. The van der Waals surface area contributed by atoms with Crippen molar-refractivity contribution in [2.75, 3.05) is 13.2 Å². The summed E-state index contributed by atoms with van der Waals surface area (Å²) in [5.74, 6) is -1.93. The SMILES string of the molecule is CCC1COC(C)CN1C(=O)C1CC=CCC1C(=O)O. The number of rotatable bonds is 3. The van der Waals surface area contributed by atoms with Crippen molar-refractivity contribution in [2.24, 2.45) is 11.8 Å². The van der Waals surface area contributed by atoms with Crippen LogP contribution >= 0.6 is 0 Å². The van der Waals surface area contributed by atoms with E-state index in [1.165, 1.54) is 0 Å². The van der Waals surface area contributed by atoms with Crippen LogP contribution in [-0.2, 0) is 14.3 Å². The van der Waals surface area contributed by atoms with Gasteiger partial charge in [0.15, 0.2) is 0 Å². The number of hydrogen-bond acceptors (Lipinski definition) is 3. The molecular weight excluding hydrogens is 258 g/mol. The van der Waals surface area contributed by atoms with Crippen molar-refractivity contribution >= 4 is 11.9 Å². The molecule has 1 aliphatic heterocycles. The highest BCUT2D eigenvalue weighted by Gasteiger charge is 2.39. The van der Waals surface area contributed by atoms with Gasteiger partial charge in [-0.05, 0) is 26.2 Å². The summed E-state index contributed by atoms with van der Waals surface area (Å²) in [6, 6.07) is 0.0686. The molecule has 1 amide bonds. The summed E-state index contributed by atoms with van der Waals surface area (Å²) in [5.41, 5.74) is 0. The summed E-state index contributed by atoms with van der Waals surface area (Å²) in [4.78, 5) is 25.9. The lowest BCUT2D eigenvalue weighted by Gasteiger charge is -2.41. The van der Waals surface area contributed by atoms with Gasteiger partial charge in [0.05, 0.1) is 30.6 Å². The van der Waals surface area contributed by atoms with Crippen LogP contribution < -0.4 is 0 Å². The molecule has 1 fully saturated rings. The Labute approximate surface area is 119 Å². The maximum absolute atomic E-state index is 12.8. The highest BCUT2D eigenvalue weighted by Crippen LogP contribution is 2.29. The predicted molar refractivity (Wildman–Crippen MR) is 74.2 cm³/mol. The fourth-order valence-corrected chi connectivity index (χ4v) is 3.03. The average molecular weight is 281 g/mol. The van der Waals surface area contributed by atoms with Gasteiger partial charge in [0.1, 0.15) is 0 Å². The van der Waals surface area contributed by atoms with E-state index in [1.54, 1.807) is 0 Å². The number of carbonyl (C=O) groups excluding carboxylic acids is 1. The molecule has 2 aliphatic rings. The molecule has 0 aromatic rings. The van der Waals surface area contributed by atoms with E-state index in [9.17, 15) is 14.7 Å². The van der Waals surface area contributed by atoms with Crippen LogP contribution in [0.3, 0.4) is 0 Å². The fraction of sp³-hybridized carbons (Fsp3) is 0.733. The molecule has 4 unspecified atom stereocenters. The van der Waals surface area contributed by atoms with Crippen LogP contribution in [0.1, 0.15) is 33.1 Å². The Kier molecular flexibility index (Phi) is 4.81. The summed E-state index contributed by atoms with van der Waals surface area (Å²) in [7, 11) is 0. The summed E-state index contributed by atoms with van der Waals surface area (Å²) in [6.07, 6.45) is 5.61. The molecule has 1 aliphatic carbocycles. The van der Waals surface area contributed by atoms with Crippen LogP contribution in [0.4, 0.5) is 0 Å². The number of allylic oxidation sites excluding steroid dienone is 2. The molecule has 112 valence electrons. The van der Waals surface area contributed by atoms with Crippen molar-refractivity contribution in [2.45, 2.75) is 45.3 Å². The Morgan fingerprint density at radius 3 is 2.55 bits per heavy atom. The van der Waals surface area contributed by atoms with E-state index >= 15 is 0 Å². The van der Waals surface area contributed by atoms with Crippen LogP contribution in [-0.4, -0.2) is 47.2 Å². The third-order valence-corrected chi connectivity index (χ3v) is 4.29. The Morgan fingerprint density at radius 1 is 1.30 bits per heavy atom. The predicted octanol–water partition coefficient (Wildman–Crippen LogP) is 1.68. The molecule has 5 nitrogen and oxygen atoms in total. The maximum atomic E-state index is 12.8. The third kappa shape index (κ3) is 3.03. The molecule has 0 aromatic heterocycles. The van der Waals surface area contributed by atoms with Gasteiger partial charge in [-0.1, -0.05) is 19.1 Å². The maximum Gasteiger partial charge on any atom is 0.307 e. The van der Waals surface area contributed by atoms with Gasteiger partial charge >= 0.3 is 5.97 Å². The van der Waals surface area contributed by atoms with Gasteiger partial charge in [-0.15, -0.1) is 0 Å². The number of nitrogens with zero attached hydrogens (tertiary/aromatic N) is 1. The molecule has 1 heterocycles. The van der Waals surface area contributed by atoms with Crippen molar-refractivity contribution in [1.29, 1.82) is 0 Å². The quantitative estimate of drug-likeness (QED) is 0.799. The fourth-order valence-electron chi connectivity index (χ4n) is 3.03. The number of amides is 1. The molecule has 0 bridgehead atoms. The number of hydrogen-bond donors (Lipinski definition) is 1. The second kappa shape index (κ2) is 6.39. The summed E-state index contributed by atoms with van der Waals surface area (Å²) in [6.45, 7) is 5.08. The minimum atomic E-state index is -0.873. The molecule has 0 radical (unpaired) electrons. The second-order valence-corrected chi connectivity index (χ2v) is 5.69. The zero-order valence-corrected chi connectivity index (χ0v) is 12.1. The Morgan fingerprint density at radius 2 is 1.95 bits per heavy atom. The number of aliphatic carboxylic acids is 1. The van der Waals surface area contributed by atoms with Gasteiger partial charge in [0.2, 0.25) is 5.91 Å². The second-order valence-electron chi connectivity index (χ2n) is 5.69. The molecule has 1 saturated heterocycles. The minimum Gasteiger partial charge on any atom is -0.481 e. The minimum absolute atomic E-state index is 0.0177. The van der Waals surface area contributed by atoms with Gasteiger partial charge < -0.3 is 14.7 Å². The first-order valence-electron chi connectivity index (χ1n) is 7.34. The van der Waals surface area contributed by atoms with Gasteiger partial charge in [0, 0.05) is 6.54 Å². The number of carboxylic acid groups (broad SMARTS) is 1. The van der Waals surface area contributed by atoms with E-state index in [4.69, 9.17) is 4.74 Å². The molecule has 0 spiro atoms. The molecule has 0 aromatic carbocycles. The van der Waals surface area contributed by atoms with Crippen molar-refractivity contribution in [3.05, 3.63) is 12.2 Å². The van der Waals surface area contributed by atoms with E-state index in [2.05, 4.69) is 0 Å². The smallest absolute Gasteiger partial charge is 0.307 e.